The molecule has 20 heteroatoms. The average molecular weight is 925 g/mol. The number of methoxy groups -OCH3 is 2. The highest BCUT2D eigenvalue weighted by atomic mass is 16.7. The Labute approximate surface area is 378 Å². The molecule has 4 rings (SSSR count). The molecule has 0 aromatic carbocycles. The van der Waals surface area contributed by atoms with Crippen LogP contribution in [0.4, 0.5) is 0 Å². The first kappa shape index (κ1) is 54.9. The van der Waals surface area contributed by atoms with Crippen molar-refractivity contribution in [2.75, 3.05) is 34.9 Å². The number of aliphatic hydroxyl groups excluding tert-OH is 6. The summed E-state index contributed by atoms with van der Waals surface area (Å²) in [4.78, 5) is 22.2. The Kier molecular flexibility index (Phi) is 19.0. The minimum atomic E-state index is -2.11. The maximum atomic E-state index is 14.5. The minimum Gasteiger partial charge on any atom is -0.459 e. The lowest BCUT2D eigenvalue weighted by atomic mass is 9.73. The van der Waals surface area contributed by atoms with Gasteiger partial charge in [0.2, 0.25) is 0 Å². The number of likely N-dealkylation sites (N-methyl/N-ethyl adjacent to an activating group) is 1. The molecule has 0 saturated carbocycles. The van der Waals surface area contributed by atoms with Crippen molar-refractivity contribution < 1.29 is 88.4 Å². The molecule has 20 nitrogen and oxygen atoms in total. The van der Waals surface area contributed by atoms with Crippen molar-refractivity contribution in [1.29, 1.82) is 0 Å². The first-order valence-electron chi connectivity index (χ1n) is 22.6. The van der Waals surface area contributed by atoms with Gasteiger partial charge in [-0.15, -0.1) is 0 Å². The van der Waals surface area contributed by atoms with Crippen LogP contribution in [0.15, 0.2) is 5.16 Å². The van der Waals surface area contributed by atoms with Gasteiger partial charge in [-0.1, -0.05) is 32.9 Å². The van der Waals surface area contributed by atoms with Crippen molar-refractivity contribution in [3.8, 4) is 0 Å². The van der Waals surface area contributed by atoms with E-state index in [2.05, 4.69) is 5.16 Å². The average Bonchev–Trinajstić information content (AvgIpc) is 3.23. The fourth-order valence-electron chi connectivity index (χ4n) is 10.1. The summed E-state index contributed by atoms with van der Waals surface area (Å²) in [5.74, 6) is -4.81. The number of nitrogens with zero attached hydrogens (tertiary/aromatic N) is 2. The van der Waals surface area contributed by atoms with Gasteiger partial charge in [-0.05, 0) is 74.9 Å². The van der Waals surface area contributed by atoms with Crippen LogP contribution in [-0.2, 0) is 47.5 Å². The Hall–Kier alpha value is -1.70. The van der Waals surface area contributed by atoms with Crippen LogP contribution in [0.25, 0.3) is 0 Å². The van der Waals surface area contributed by atoms with Crippen LogP contribution in [-0.4, -0.2) is 207 Å². The predicted molar refractivity (Wildman–Crippen MR) is 228 cm³/mol. The SMILES string of the molecule is CC[C@@H]1OC(=O)[C@H](C)[C@@H](O[C@H]2C[C@@](C)(OC)[C@@H](O)[C@H](C)O2)[C@H](C)[C@@H](O[C@@H]2O[C@H](C)C[C@H](N(C)C)[C@H]2O)[C@](C)(O)C[C@@H](C)/C(=N\O[C@H]2[C@H](O)[C@@H](O)[C@@H](OC)O[C@@H]2CO)[C@H](C)[C@@H](O)[C@]1(C)O. The van der Waals surface area contributed by atoms with E-state index in [1.54, 1.807) is 48.5 Å². The molecule has 0 spiro atoms. The molecule has 0 radical (unpaired) electrons. The summed E-state index contributed by atoms with van der Waals surface area (Å²) in [5, 5.41) is 96.2. The molecule has 0 aliphatic carbocycles. The summed E-state index contributed by atoms with van der Waals surface area (Å²) in [7, 11) is 6.38. The second-order valence-electron chi connectivity index (χ2n) is 19.6. The van der Waals surface area contributed by atoms with Gasteiger partial charge < -0.3 is 88.5 Å². The van der Waals surface area contributed by atoms with Gasteiger partial charge in [-0.3, -0.25) is 4.79 Å². The van der Waals surface area contributed by atoms with Gasteiger partial charge in [-0.25, -0.2) is 0 Å². The molecule has 0 amide bonds. The third kappa shape index (κ3) is 11.8. The first-order chi connectivity index (χ1) is 29.7. The number of oxime groups is 1. The van der Waals surface area contributed by atoms with E-state index in [4.69, 9.17) is 42.7 Å². The lowest BCUT2D eigenvalue weighted by Crippen LogP contribution is -2.61. The largest absolute Gasteiger partial charge is 0.459 e. The molecule has 0 aromatic rings. The number of rotatable bonds is 11. The molecular formula is C44H80N2O18. The second kappa shape index (κ2) is 22.2. The van der Waals surface area contributed by atoms with Crippen LogP contribution < -0.4 is 0 Å². The Morgan fingerprint density at radius 3 is 2.02 bits per heavy atom. The standard InChI is InChI=1S/C44H80N2O18/c1-15-28-44(10,55)36(51)22(4)30(45-64-35-27(19-47)60-40(56-13)33(50)32(35)49)20(2)17-42(8,54)38(63-41-31(48)26(46(11)12)16-21(3)58-41)23(5)34(24(6)39(53)61-28)62-29-18-43(9,57-14)37(52)25(7)59-29/h20-29,31-38,40-41,47-52,54-55H,15-19H2,1-14H3/b45-30+/t20-,21-,22+,23+,24-,25+,26+,27-,28+,29+,31-,32-,33-,34+,35-,36-,37+,38-,40+,41+,42-,43-,44-/m1/s1. The monoisotopic (exact) mass is 925 g/mol. The fourth-order valence-corrected chi connectivity index (χ4v) is 10.1. The highest BCUT2D eigenvalue weighted by molar-refractivity contribution is 5.88. The zero-order chi connectivity index (χ0) is 48.4. The molecule has 64 heavy (non-hydrogen) atoms. The summed E-state index contributed by atoms with van der Waals surface area (Å²) in [6.07, 6.45) is -17.9. The highest BCUT2D eigenvalue weighted by Gasteiger charge is 2.54. The molecular weight excluding hydrogens is 844 g/mol. The number of cyclic esters (lactones) is 1. The molecule has 4 saturated heterocycles. The van der Waals surface area contributed by atoms with Gasteiger partial charge in [0.05, 0.1) is 60.0 Å². The summed E-state index contributed by atoms with van der Waals surface area (Å²) in [5.41, 5.74) is -5.06. The van der Waals surface area contributed by atoms with Crippen LogP contribution >= 0.6 is 0 Å². The van der Waals surface area contributed by atoms with Crippen molar-refractivity contribution in [1.82, 2.24) is 4.90 Å². The number of ether oxygens (including phenoxy) is 8. The third-order valence-corrected chi connectivity index (χ3v) is 14.2. The van der Waals surface area contributed by atoms with E-state index >= 15 is 0 Å². The van der Waals surface area contributed by atoms with Gasteiger partial charge in [0.25, 0.3) is 0 Å². The zero-order valence-electron chi connectivity index (χ0n) is 40.1. The topological polar surface area (TPSA) is 278 Å². The van der Waals surface area contributed by atoms with Gasteiger partial charge in [0, 0.05) is 44.4 Å². The van der Waals surface area contributed by atoms with E-state index in [9.17, 15) is 45.6 Å². The van der Waals surface area contributed by atoms with Gasteiger partial charge in [0.15, 0.2) is 25.0 Å². The lowest BCUT2D eigenvalue weighted by molar-refractivity contribution is -0.318. The molecule has 23 atom stereocenters. The summed E-state index contributed by atoms with van der Waals surface area (Å²) < 4.78 is 48.4. The molecule has 0 aromatic heterocycles. The molecule has 0 bridgehead atoms. The maximum Gasteiger partial charge on any atom is 0.311 e. The highest BCUT2D eigenvalue weighted by Crippen LogP contribution is 2.41. The third-order valence-electron chi connectivity index (χ3n) is 14.2. The van der Waals surface area contributed by atoms with Crippen molar-refractivity contribution in [3.05, 3.63) is 0 Å². The van der Waals surface area contributed by atoms with Crippen LogP contribution in [0.1, 0.15) is 94.9 Å². The molecule has 374 valence electrons. The molecule has 4 aliphatic heterocycles. The normalized spacial score (nSPS) is 49.9. The summed E-state index contributed by atoms with van der Waals surface area (Å²) >= 11 is 0. The Balaban J connectivity index is 1.90. The fraction of sp³-hybridized carbons (Fsp3) is 0.955. The summed E-state index contributed by atoms with van der Waals surface area (Å²) in [6, 6.07) is -0.390. The number of carbonyl (C=O) groups excluding carboxylic acids is 1. The first-order valence-corrected chi connectivity index (χ1v) is 22.6. The van der Waals surface area contributed by atoms with Crippen LogP contribution in [0.3, 0.4) is 0 Å². The Morgan fingerprint density at radius 2 is 1.45 bits per heavy atom. The van der Waals surface area contributed by atoms with E-state index in [1.165, 1.54) is 28.1 Å². The smallest absolute Gasteiger partial charge is 0.311 e. The van der Waals surface area contributed by atoms with Crippen molar-refractivity contribution >= 4 is 11.7 Å². The molecule has 4 fully saturated rings. The van der Waals surface area contributed by atoms with Crippen LogP contribution in [0.5, 0.6) is 0 Å². The predicted octanol–water partition coefficient (Wildman–Crippen LogP) is 0.0431. The number of aliphatic hydroxyl groups is 8. The van der Waals surface area contributed by atoms with Gasteiger partial charge in [-0.2, -0.15) is 0 Å². The molecule has 4 aliphatic rings. The van der Waals surface area contributed by atoms with E-state index in [1.807, 2.05) is 25.9 Å². The number of carbonyl (C=O) groups is 1. The minimum absolute atomic E-state index is 0.0443. The van der Waals surface area contributed by atoms with E-state index in [0.717, 1.165) is 0 Å². The summed E-state index contributed by atoms with van der Waals surface area (Å²) in [6.45, 7) is 15.7. The van der Waals surface area contributed by atoms with Crippen molar-refractivity contribution in [2.45, 2.75) is 210 Å². The maximum absolute atomic E-state index is 14.5. The van der Waals surface area contributed by atoms with E-state index < -0.39 is 139 Å². The van der Waals surface area contributed by atoms with Crippen molar-refractivity contribution in [3.63, 3.8) is 0 Å². The Morgan fingerprint density at radius 1 is 0.812 bits per heavy atom. The molecule has 8 N–H and O–H groups in total. The van der Waals surface area contributed by atoms with Crippen LogP contribution in [0.2, 0.25) is 0 Å². The quantitative estimate of drug-likeness (QED) is 0.100. The van der Waals surface area contributed by atoms with Gasteiger partial charge in [0.1, 0.15) is 42.2 Å². The Bertz CT molecular complexity index is 1520. The molecule has 4 heterocycles. The number of esters is 1. The zero-order valence-corrected chi connectivity index (χ0v) is 40.1. The molecule has 0 unspecified atom stereocenters. The number of hydrogen-bond donors (Lipinski definition) is 8. The van der Waals surface area contributed by atoms with Gasteiger partial charge >= 0.3 is 5.97 Å². The second-order valence-corrected chi connectivity index (χ2v) is 19.6. The van der Waals surface area contributed by atoms with Crippen molar-refractivity contribution in [2.24, 2.45) is 28.8 Å². The lowest BCUT2D eigenvalue weighted by Gasteiger charge is -2.49. The van der Waals surface area contributed by atoms with E-state index in [0.29, 0.717) is 6.42 Å². The van der Waals surface area contributed by atoms with Crippen LogP contribution in [0, 0.1) is 23.7 Å². The van der Waals surface area contributed by atoms with E-state index in [-0.39, 0.29) is 37.1 Å². The number of hydrogen-bond acceptors (Lipinski definition) is 20.